The largest absolute Gasteiger partial charge is 0.389 e. The minimum atomic E-state index is -3.72. The Bertz CT molecular complexity index is 1030. The summed E-state index contributed by atoms with van der Waals surface area (Å²) in [4.78, 5) is 0.245. The third kappa shape index (κ3) is 3.63. The molecule has 0 aliphatic heterocycles. The molecule has 26 heavy (non-hydrogen) atoms. The van der Waals surface area contributed by atoms with Crippen LogP contribution in [0.2, 0.25) is 25.7 Å². The summed E-state index contributed by atoms with van der Waals surface area (Å²) in [5.41, 5.74) is 2.28. The topological polar surface area (TPSA) is 59.3 Å². The maximum atomic E-state index is 13.2. The van der Waals surface area contributed by atoms with Gasteiger partial charge in [-0.15, -0.1) is 0 Å². The molecule has 3 rings (SSSR count). The molecule has 1 N–H and O–H groups in total. The molecule has 0 bridgehead atoms. The molecule has 0 aliphatic carbocycles. The van der Waals surface area contributed by atoms with Gasteiger partial charge in [-0.1, -0.05) is 55.5 Å². The molecule has 0 spiro atoms. The first-order valence-electron chi connectivity index (χ1n) is 8.70. The first-order valence-corrected chi connectivity index (χ1v) is 13.8. The van der Waals surface area contributed by atoms with Crippen molar-refractivity contribution in [2.24, 2.45) is 0 Å². The normalized spacial score (nSPS) is 13.9. The van der Waals surface area contributed by atoms with Crippen molar-refractivity contribution in [3.63, 3.8) is 0 Å². The molecule has 1 heterocycles. The van der Waals surface area contributed by atoms with Crippen LogP contribution in [0.1, 0.15) is 17.2 Å². The predicted molar refractivity (Wildman–Crippen MR) is 109 cm³/mol. The van der Waals surface area contributed by atoms with Crippen LogP contribution in [0.5, 0.6) is 0 Å². The van der Waals surface area contributed by atoms with Gasteiger partial charge in [-0.3, -0.25) is 0 Å². The molecule has 1 unspecified atom stereocenters. The molecule has 0 saturated heterocycles. The van der Waals surface area contributed by atoms with E-state index in [4.69, 9.17) is 0 Å². The summed E-state index contributed by atoms with van der Waals surface area (Å²) in [5.74, 6) is 0. The molecule has 1 aromatic heterocycles. The van der Waals surface area contributed by atoms with Crippen molar-refractivity contribution in [2.45, 2.75) is 43.6 Å². The Morgan fingerprint density at radius 3 is 2.27 bits per heavy atom. The predicted octanol–water partition coefficient (Wildman–Crippen LogP) is 4.56. The van der Waals surface area contributed by atoms with Crippen LogP contribution in [0.3, 0.4) is 0 Å². The number of aryl methyl sites for hydroxylation is 1. The molecule has 0 amide bonds. The Hall–Kier alpha value is -1.89. The number of aliphatic hydroxyl groups excluding tert-OH is 1. The lowest BCUT2D eigenvalue weighted by Crippen LogP contribution is -2.22. The fourth-order valence-corrected chi connectivity index (χ4v) is 5.91. The van der Waals surface area contributed by atoms with Gasteiger partial charge in [-0.2, -0.15) is 0 Å². The van der Waals surface area contributed by atoms with Crippen molar-refractivity contribution in [3.05, 3.63) is 65.9 Å². The minimum Gasteiger partial charge on any atom is -0.389 e. The molecule has 1 atom stereocenters. The number of hydrogen-bond acceptors (Lipinski definition) is 3. The number of fused-ring (bicyclic) bond motifs is 1. The van der Waals surface area contributed by atoms with Crippen LogP contribution < -0.4 is 0 Å². The average Bonchev–Trinajstić information content (AvgIpc) is 2.94. The SMILES string of the molecule is Cc1ccc(S(=O)(=O)n2cc(C(O)C[Si](C)(C)C)c3ccccc32)cc1. The van der Waals surface area contributed by atoms with Gasteiger partial charge in [0.25, 0.3) is 10.0 Å². The van der Waals surface area contributed by atoms with Crippen molar-refractivity contribution < 1.29 is 13.5 Å². The molecule has 0 fully saturated rings. The van der Waals surface area contributed by atoms with E-state index in [0.717, 1.165) is 10.9 Å². The highest BCUT2D eigenvalue weighted by Crippen LogP contribution is 2.33. The lowest BCUT2D eigenvalue weighted by Gasteiger charge is -2.20. The van der Waals surface area contributed by atoms with Crippen molar-refractivity contribution in [2.75, 3.05) is 0 Å². The summed E-state index contributed by atoms with van der Waals surface area (Å²) in [6, 6.07) is 14.9. The number of para-hydroxylation sites is 1. The van der Waals surface area contributed by atoms with E-state index in [1.165, 1.54) is 3.97 Å². The number of aromatic nitrogens is 1. The lowest BCUT2D eigenvalue weighted by atomic mass is 10.1. The molecule has 2 aromatic carbocycles. The fourth-order valence-electron chi connectivity index (χ4n) is 3.15. The van der Waals surface area contributed by atoms with Gasteiger partial charge in [-0.05, 0) is 31.2 Å². The van der Waals surface area contributed by atoms with Gasteiger partial charge in [0, 0.05) is 25.2 Å². The summed E-state index contributed by atoms with van der Waals surface area (Å²) in [7, 11) is -5.23. The zero-order valence-electron chi connectivity index (χ0n) is 15.6. The van der Waals surface area contributed by atoms with Crippen molar-refractivity contribution in [1.82, 2.24) is 3.97 Å². The highest BCUT2D eigenvalue weighted by molar-refractivity contribution is 7.90. The van der Waals surface area contributed by atoms with Gasteiger partial charge in [0.05, 0.1) is 16.5 Å². The number of aliphatic hydroxyl groups is 1. The van der Waals surface area contributed by atoms with E-state index in [-0.39, 0.29) is 4.90 Å². The first-order chi connectivity index (χ1) is 12.1. The van der Waals surface area contributed by atoms with E-state index in [0.29, 0.717) is 17.1 Å². The number of benzene rings is 2. The molecule has 0 aliphatic rings. The van der Waals surface area contributed by atoms with E-state index in [9.17, 15) is 13.5 Å². The van der Waals surface area contributed by atoms with Crippen molar-refractivity contribution in [3.8, 4) is 0 Å². The van der Waals surface area contributed by atoms with Gasteiger partial charge in [0.15, 0.2) is 0 Å². The van der Waals surface area contributed by atoms with Crippen LogP contribution in [-0.4, -0.2) is 25.6 Å². The van der Waals surface area contributed by atoms with Crippen LogP contribution in [0.25, 0.3) is 10.9 Å². The molecule has 0 saturated carbocycles. The van der Waals surface area contributed by atoms with Crippen molar-refractivity contribution >= 4 is 29.0 Å². The molecular formula is C20H25NO3SSi. The van der Waals surface area contributed by atoms with Crippen LogP contribution in [-0.2, 0) is 10.0 Å². The summed E-state index contributed by atoms with van der Waals surface area (Å²) < 4.78 is 27.6. The average molecular weight is 388 g/mol. The van der Waals surface area contributed by atoms with E-state index in [2.05, 4.69) is 19.6 Å². The van der Waals surface area contributed by atoms with Crippen molar-refractivity contribution in [1.29, 1.82) is 0 Å². The molecule has 4 nitrogen and oxygen atoms in total. The van der Waals surface area contributed by atoms with E-state index in [1.54, 1.807) is 36.5 Å². The van der Waals surface area contributed by atoms with E-state index in [1.807, 2.05) is 25.1 Å². The summed E-state index contributed by atoms with van der Waals surface area (Å²) >= 11 is 0. The van der Waals surface area contributed by atoms with Crippen LogP contribution in [0.15, 0.2) is 59.6 Å². The van der Waals surface area contributed by atoms with Gasteiger partial charge >= 0.3 is 0 Å². The van der Waals surface area contributed by atoms with Gasteiger partial charge in [0.2, 0.25) is 0 Å². The zero-order chi connectivity index (χ0) is 19.1. The Kier molecular flexibility index (Phi) is 4.85. The summed E-state index contributed by atoms with van der Waals surface area (Å²) in [6.45, 7) is 8.50. The molecule has 6 heteroatoms. The third-order valence-corrected chi connectivity index (χ3v) is 7.75. The maximum Gasteiger partial charge on any atom is 0.268 e. The smallest absolute Gasteiger partial charge is 0.268 e. The second kappa shape index (κ2) is 6.68. The highest BCUT2D eigenvalue weighted by Gasteiger charge is 2.26. The molecule has 0 radical (unpaired) electrons. The molecule has 3 aromatic rings. The van der Waals surface area contributed by atoms with Crippen LogP contribution in [0.4, 0.5) is 0 Å². The van der Waals surface area contributed by atoms with E-state index >= 15 is 0 Å². The summed E-state index contributed by atoms with van der Waals surface area (Å²) in [5, 5.41) is 11.6. The third-order valence-electron chi connectivity index (χ3n) is 4.45. The number of rotatable bonds is 5. The molecule has 138 valence electrons. The first kappa shape index (κ1) is 18.9. The van der Waals surface area contributed by atoms with Crippen LogP contribution in [0, 0.1) is 6.92 Å². The minimum absolute atomic E-state index is 0.245. The van der Waals surface area contributed by atoms with E-state index < -0.39 is 24.2 Å². The zero-order valence-corrected chi connectivity index (χ0v) is 17.4. The molecular weight excluding hydrogens is 362 g/mol. The van der Waals surface area contributed by atoms with Crippen LogP contribution >= 0.6 is 0 Å². The second-order valence-corrected chi connectivity index (χ2v) is 15.3. The summed E-state index contributed by atoms with van der Waals surface area (Å²) in [6.07, 6.45) is 0.922. The fraction of sp³-hybridized carbons (Fsp3) is 0.300. The Morgan fingerprint density at radius 1 is 1.04 bits per heavy atom. The maximum absolute atomic E-state index is 13.2. The highest BCUT2D eigenvalue weighted by atomic mass is 32.2. The second-order valence-electron chi connectivity index (χ2n) is 8.00. The van der Waals surface area contributed by atoms with Gasteiger partial charge in [-0.25, -0.2) is 12.4 Å². The monoisotopic (exact) mass is 387 g/mol. The number of hydrogen-bond donors (Lipinski definition) is 1. The van der Waals surface area contributed by atoms with Gasteiger partial charge in [0.1, 0.15) is 0 Å². The Labute approximate surface area is 156 Å². The Balaban J connectivity index is 2.17. The van der Waals surface area contributed by atoms with Gasteiger partial charge < -0.3 is 5.11 Å². The number of nitrogens with zero attached hydrogens (tertiary/aromatic N) is 1. The Morgan fingerprint density at radius 2 is 1.65 bits per heavy atom. The quantitative estimate of drug-likeness (QED) is 0.653. The standard InChI is InChI=1S/C20H25NO3SSi/c1-15-9-11-16(12-10-15)25(23,24)21-13-18(20(22)14-26(2,3)4)17-7-5-6-8-19(17)21/h5-13,20,22H,14H2,1-4H3. The lowest BCUT2D eigenvalue weighted by molar-refractivity contribution is 0.199.